The van der Waals surface area contributed by atoms with Gasteiger partial charge >= 0.3 is 17.9 Å². The number of aliphatic carboxylic acids is 3. The van der Waals surface area contributed by atoms with Crippen LogP contribution in [0.3, 0.4) is 0 Å². The van der Waals surface area contributed by atoms with Gasteiger partial charge in [-0.2, -0.15) is 0 Å². The van der Waals surface area contributed by atoms with Gasteiger partial charge < -0.3 is 30.6 Å². The fraction of sp³-hybridized carbons (Fsp3) is 0.696. The summed E-state index contributed by atoms with van der Waals surface area (Å²) in [6.45, 7) is 7.01. The molecule has 0 saturated heterocycles. The van der Waals surface area contributed by atoms with Gasteiger partial charge in [0.2, 0.25) is 0 Å². The summed E-state index contributed by atoms with van der Waals surface area (Å²) < 4.78 is 0. The second kappa shape index (κ2) is 33.6. The molecule has 236 valence electrons. The molecule has 0 aliphatic rings. The van der Waals surface area contributed by atoms with Crippen LogP contribution in [0.4, 0.5) is 0 Å². The van der Waals surface area contributed by atoms with E-state index in [1.54, 1.807) is 0 Å². The zero-order chi connectivity index (χ0) is 32.7. The van der Waals surface area contributed by atoms with Crippen LogP contribution in [-0.4, -0.2) is 106 Å². The van der Waals surface area contributed by atoms with Crippen molar-refractivity contribution in [2.75, 3.05) is 37.1 Å². The monoisotopic (exact) mass is 654 g/mol. The van der Waals surface area contributed by atoms with Gasteiger partial charge in [-0.15, -0.1) is 12.6 Å². The van der Waals surface area contributed by atoms with Crippen LogP contribution < -0.4 is 0 Å². The minimum absolute atomic E-state index is 0.0312. The van der Waals surface area contributed by atoms with E-state index in [1.165, 1.54) is 27.7 Å². The molecule has 0 aliphatic carbocycles. The molecule has 0 saturated carbocycles. The van der Waals surface area contributed by atoms with Crippen LogP contribution in [0.15, 0.2) is 0 Å². The summed E-state index contributed by atoms with van der Waals surface area (Å²) in [5.41, 5.74) is -0.667. The zero-order valence-corrected chi connectivity index (χ0v) is 26.6. The van der Waals surface area contributed by atoms with Crippen LogP contribution in [0.2, 0.25) is 0 Å². The second-order valence-corrected chi connectivity index (χ2v) is 11.7. The smallest absolute Gasteiger partial charge is 0.304 e. The minimum Gasteiger partial charge on any atom is -0.481 e. The lowest BCUT2D eigenvalue weighted by molar-refractivity contribution is -0.137. The zero-order valence-electron chi connectivity index (χ0n) is 23.3. The molecular weight excluding hydrogens is 613 g/mol. The van der Waals surface area contributed by atoms with E-state index in [2.05, 4.69) is 12.6 Å². The Bertz CT molecular complexity index is 607. The summed E-state index contributed by atoms with van der Waals surface area (Å²) in [5, 5.41) is 50.0. The number of carbonyl (C=O) groups is 7. The van der Waals surface area contributed by atoms with Crippen LogP contribution in [-0.2, 0) is 33.6 Å². The molecule has 0 aromatic carbocycles. The van der Waals surface area contributed by atoms with Crippen LogP contribution >= 0.6 is 47.9 Å². The number of aliphatic hydroxyl groups excluding tert-OH is 3. The van der Waals surface area contributed by atoms with Crippen LogP contribution in [0.1, 0.15) is 60.3 Å². The van der Waals surface area contributed by atoms with Gasteiger partial charge in [0.15, 0.2) is 20.5 Å². The van der Waals surface area contributed by atoms with Crippen molar-refractivity contribution in [1.29, 1.82) is 0 Å². The molecule has 0 unspecified atom stereocenters. The first-order valence-electron chi connectivity index (χ1n) is 11.4. The number of hydrogen-bond acceptors (Lipinski definition) is 13. The van der Waals surface area contributed by atoms with Gasteiger partial charge in [-0.25, -0.2) is 0 Å². The summed E-state index contributed by atoms with van der Waals surface area (Å²) in [6, 6.07) is 0. The number of thioether (sulfide) groups is 3. The van der Waals surface area contributed by atoms with Crippen molar-refractivity contribution in [2.24, 2.45) is 5.41 Å². The number of hydrogen-bond donors (Lipinski definition) is 7. The summed E-state index contributed by atoms with van der Waals surface area (Å²) in [5.74, 6) is -1.43. The lowest BCUT2D eigenvalue weighted by Crippen LogP contribution is -2.32. The molecule has 0 heterocycles. The highest BCUT2D eigenvalue weighted by Gasteiger charge is 2.24. The Hall–Kier alpha value is -1.63. The van der Waals surface area contributed by atoms with Crippen molar-refractivity contribution in [3.8, 4) is 0 Å². The van der Waals surface area contributed by atoms with E-state index < -0.39 is 23.3 Å². The van der Waals surface area contributed by atoms with Gasteiger partial charge in [0.1, 0.15) is 0 Å². The molecule has 0 rings (SSSR count). The van der Waals surface area contributed by atoms with Crippen LogP contribution in [0.25, 0.3) is 0 Å². The maximum atomic E-state index is 10.2. The number of rotatable bonds is 13. The van der Waals surface area contributed by atoms with Gasteiger partial charge in [0.05, 0.1) is 39.1 Å². The third kappa shape index (κ3) is 56.5. The summed E-state index contributed by atoms with van der Waals surface area (Å²) >= 11 is 6.45. The highest BCUT2D eigenvalue weighted by molar-refractivity contribution is 8.14. The molecule has 0 bridgehead atoms. The Kier molecular flexibility index (Phi) is 40.4. The number of thiol groups is 1. The van der Waals surface area contributed by atoms with Gasteiger partial charge in [0.25, 0.3) is 0 Å². The maximum Gasteiger partial charge on any atom is 0.304 e. The van der Waals surface area contributed by atoms with Crippen molar-refractivity contribution < 1.29 is 64.2 Å². The van der Waals surface area contributed by atoms with E-state index in [1.807, 2.05) is 6.92 Å². The van der Waals surface area contributed by atoms with E-state index >= 15 is 0 Å². The Morgan fingerprint density at radius 1 is 0.575 bits per heavy atom. The molecule has 0 fully saturated rings. The first-order valence-corrected chi connectivity index (χ1v) is 14.8. The molecule has 0 aromatic rings. The molecule has 17 heteroatoms. The third-order valence-electron chi connectivity index (χ3n) is 3.62. The topological polar surface area (TPSA) is 241 Å². The van der Waals surface area contributed by atoms with Crippen LogP contribution in [0.5, 0.6) is 0 Å². The minimum atomic E-state index is -0.858. The summed E-state index contributed by atoms with van der Waals surface area (Å²) in [4.78, 5) is 69.5. The van der Waals surface area contributed by atoms with Gasteiger partial charge in [0, 0.05) is 50.4 Å². The third-order valence-corrected chi connectivity index (χ3v) is 6.06. The van der Waals surface area contributed by atoms with E-state index in [4.69, 9.17) is 30.6 Å². The van der Waals surface area contributed by atoms with Crippen LogP contribution in [0, 0.1) is 5.41 Å². The molecule has 0 amide bonds. The van der Waals surface area contributed by atoms with Gasteiger partial charge in [-0.3, -0.25) is 33.6 Å². The average Bonchev–Trinajstić information content (AvgIpc) is 2.80. The number of carboxylic acids is 3. The van der Waals surface area contributed by atoms with Crippen molar-refractivity contribution in [2.45, 2.75) is 60.3 Å². The largest absolute Gasteiger partial charge is 0.481 e. The van der Waals surface area contributed by atoms with E-state index in [0.717, 1.165) is 35.3 Å². The van der Waals surface area contributed by atoms with E-state index in [9.17, 15) is 33.6 Å². The van der Waals surface area contributed by atoms with Crippen molar-refractivity contribution in [1.82, 2.24) is 0 Å². The Balaban J connectivity index is -0.000000130. The van der Waals surface area contributed by atoms with Gasteiger partial charge in [-0.1, -0.05) is 42.2 Å². The molecule has 0 aromatic heterocycles. The Labute approximate surface area is 252 Å². The number of carboxylic acid groups (broad SMARTS) is 3. The Morgan fingerprint density at radius 2 is 0.775 bits per heavy atom. The van der Waals surface area contributed by atoms with Crippen molar-refractivity contribution >= 4 is 86.3 Å². The molecule has 0 spiro atoms. The SMILES string of the molecule is CC(=O)S.CC(=O)SCCC(=O)O.CC(=O)SCCC(=O)O.CC(=O)SCCC(=O)O.CCC(CO)(CO)CO. The predicted octanol–water partition coefficient (Wildman–Crippen LogP) is 2.04. The lowest BCUT2D eigenvalue weighted by atomic mass is 9.88. The first-order chi connectivity index (χ1) is 18.4. The summed E-state index contributed by atoms with van der Waals surface area (Å²) in [6.07, 6.45) is 0.773. The van der Waals surface area contributed by atoms with Gasteiger partial charge in [-0.05, 0) is 6.42 Å². The predicted molar refractivity (Wildman–Crippen MR) is 160 cm³/mol. The van der Waals surface area contributed by atoms with Crippen molar-refractivity contribution in [3.63, 3.8) is 0 Å². The molecule has 0 radical (unpaired) electrons. The molecule has 0 aliphatic heterocycles. The van der Waals surface area contributed by atoms with E-state index in [-0.39, 0.29) is 59.5 Å². The molecule has 6 N–H and O–H groups in total. The highest BCUT2D eigenvalue weighted by Crippen LogP contribution is 2.18. The lowest BCUT2D eigenvalue weighted by Gasteiger charge is -2.24. The highest BCUT2D eigenvalue weighted by atomic mass is 32.2. The second-order valence-electron chi connectivity index (χ2n) is 7.30. The molecule has 40 heavy (non-hydrogen) atoms. The molecular formula is C23H42O13S4. The van der Waals surface area contributed by atoms with E-state index in [0.29, 0.717) is 23.7 Å². The number of aliphatic hydroxyl groups is 3. The average molecular weight is 655 g/mol. The van der Waals surface area contributed by atoms with Crippen molar-refractivity contribution in [3.05, 3.63) is 0 Å². The maximum absolute atomic E-state index is 10.2. The Morgan fingerprint density at radius 3 is 0.850 bits per heavy atom. The standard InChI is InChI=1S/C6H14O3.3C5H8O3S.C2H4OS/c1-2-6(3-7,4-8)5-9;3*1-4(6)9-3-2-5(7)8;1-2(3)4/h7-9H,2-5H2,1H3;3*2-3H2,1H3,(H,7,8);1H3,(H,3,4). The number of carbonyl (C=O) groups excluding carboxylic acids is 4. The summed E-state index contributed by atoms with van der Waals surface area (Å²) in [7, 11) is 0. The fourth-order valence-corrected chi connectivity index (χ4v) is 3.02. The molecule has 0 atom stereocenters. The normalized spacial score (nSPS) is 9.43. The fourth-order valence-electron chi connectivity index (χ4n) is 1.33. The quantitative estimate of drug-likeness (QED) is 0.141. The first kappa shape index (κ1) is 48.1. The molecule has 13 nitrogen and oxygen atoms in total.